The van der Waals surface area contributed by atoms with E-state index in [0.717, 1.165) is 17.4 Å². The van der Waals surface area contributed by atoms with Crippen molar-refractivity contribution in [3.05, 3.63) is 47.2 Å². The number of nitrogens with one attached hydrogen (secondary N) is 1. The van der Waals surface area contributed by atoms with Crippen molar-refractivity contribution < 1.29 is 33.6 Å². The Kier molecular flexibility index (Phi) is 3.86. The van der Waals surface area contributed by atoms with E-state index in [9.17, 15) is 5.11 Å². The third-order valence-electron chi connectivity index (χ3n) is 7.13. The molecule has 0 amide bonds. The minimum absolute atomic E-state index is 0. The summed E-state index contributed by atoms with van der Waals surface area (Å²) in [5.41, 5.74) is 5.84. The number of allylic oxidation sites excluding steroid dienone is 1. The molecule has 0 aliphatic carbocycles. The summed E-state index contributed by atoms with van der Waals surface area (Å²) in [7, 11) is 2.42. The van der Waals surface area contributed by atoms with Crippen molar-refractivity contribution in [2.45, 2.75) is 31.8 Å². The molecule has 5 atom stereocenters. The Morgan fingerprint density at radius 3 is 2.88 bits per heavy atom. The first-order valence-corrected chi connectivity index (χ1v) is 8.87. The van der Waals surface area contributed by atoms with E-state index in [1.165, 1.54) is 28.6 Å². The van der Waals surface area contributed by atoms with E-state index >= 15 is 0 Å². The van der Waals surface area contributed by atoms with Crippen LogP contribution in [-0.2, 0) is 6.42 Å². The first-order valence-electron chi connectivity index (χ1n) is 8.87. The van der Waals surface area contributed by atoms with Gasteiger partial charge in [0.15, 0.2) is 0 Å². The van der Waals surface area contributed by atoms with E-state index in [2.05, 4.69) is 49.3 Å². The van der Waals surface area contributed by atoms with E-state index in [-0.39, 0.29) is 24.0 Å². The molecule has 4 aliphatic heterocycles. The van der Waals surface area contributed by atoms with Crippen LogP contribution in [0.25, 0.3) is 10.9 Å². The van der Waals surface area contributed by atoms with Crippen molar-refractivity contribution in [3.8, 4) is 0 Å². The molecule has 0 saturated carbocycles. The third kappa shape index (κ3) is 1.90. The second-order valence-electron chi connectivity index (χ2n) is 7.91. The summed E-state index contributed by atoms with van der Waals surface area (Å²) in [4.78, 5) is 3.75. The number of hydrogen-bond acceptors (Lipinski definition) is 1. The molecule has 4 aliphatic rings. The highest BCUT2D eigenvalue weighted by atomic mass is 127. The Morgan fingerprint density at radius 2 is 2.12 bits per heavy atom. The molecule has 1 aromatic heterocycles. The minimum Gasteiger partial charge on any atom is -1.00 e. The van der Waals surface area contributed by atoms with Crippen molar-refractivity contribution in [2.24, 2.45) is 11.8 Å². The molecule has 3 nitrogen and oxygen atoms in total. The average Bonchev–Trinajstić information content (AvgIpc) is 2.92. The van der Waals surface area contributed by atoms with Crippen LogP contribution in [0.2, 0.25) is 0 Å². The molecule has 128 valence electrons. The van der Waals surface area contributed by atoms with Gasteiger partial charge in [-0.2, -0.15) is 0 Å². The third-order valence-corrected chi connectivity index (χ3v) is 7.13. The van der Waals surface area contributed by atoms with Gasteiger partial charge in [-0.25, -0.2) is 0 Å². The number of likely N-dealkylation sites (N-methyl/N-ethyl adjacent to an activating group) is 1. The molecule has 0 unspecified atom stereocenters. The predicted molar refractivity (Wildman–Crippen MR) is 92.0 cm³/mol. The lowest BCUT2D eigenvalue weighted by atomic mass is 9.62. The number of aliphatic hydroxyl groups is 1. The number of rotatable bonds is 1. The molecule has 3 saturated heterocycles. The fourth-order valence-electron chi connectivity index (χ4n) is 6.02. The number of benzene rings is 1. The van der Waals surface area contributed by atoms with Gasteiger partial charge in [-0.15, -0.1) is 0 Å². The number of halogens is 1. The van der Waals surface area contributed by atoms with Crippen molar-refractivity contribution in [1.82, 2.24) is 4.98 Å². The number of aromatic nitrogens is 1. The van der Waals surface area contributed by atoms with Crippen molar-refractivity contribution in [2.75, 3.05) is 20.2 Å². The standard InChI is InChI=1S/C20H25N2O.HI/c1-3-12-10-22(2)18-9-15-13-6-4-5-7-17(13)21-20(15)19(22)8-14(12)16(18)11-23;/h3-7,14,16,18-19,21,23H,8-11H2,1-2H3;1H/q+1;/p-1/b12-3-;/t14-,16+,18-,19-,22+;/m0./s1. The summed E-state index contributed by atoms with van der Waals surface area (Å²) >= 11 is 0. The second-order valence-corrected chi connectivity index (χ2v) is 7.91. The van der Waals surface area contributed by atoms with Crippen LogP contribution in [0.15, 0.2) is 35.9 Å². The van der Waals surface area contributed by atoms with Gasteiger partial charge in [0.1, 0.15) is 12.6 Å². The number of nitrogens with zero attached hydrogens (tertiary/aromatic N) is 1. The number of piperidine rings is 3. The monoisotopic (exact) mass is 436 g/mol. The molecule has 3 fully saturated rings. The molecule has 4 bridgehead atoms. The highest BCUT2D eigenvalue weighted by molar-refractivity contribution is 5.85. The van der Waals surface area contributed by atoms with Crippen LogP contribution < -0.4 is 24.0 Å². The maximum absolute atomic E-state index is 10.1. The first kappa shape index (κ1) is 16.6. The van der Waals surface area contributed by atoms with Gasteiger partial charge in [0.05, 0.1) is 25.4 Å². The van der Waals surface area contributed by atoms with E-state index in [4.69, 9.17) is 0 Å². The maximum Gasteiger partial charge on any atom is 0.131 e. The summed E-state index contributed by atoms with van der Waals surface area (Å²) in [6, 6.07) is 9.84. The topological polar surface area (TPSA) is 36.0 Å². The SMILES string of the molecule is C/C=C1/C[N@@+]2(C)[C@H]3C[C@@H]1[C@@H](CO)[C@@H]2Cc1c3[nH]c2ccccc12.[I-]. The van der Waals surface area contributed by atoms with Gasteiger partial charge >= 0.3 is 0 Å². The summed E-state index contributed by atoms with van der Waals surface area (Å²) in [5, 5.41) is 11.5. The largest absolute Gasteiger partial charge is 1.00 e. The second kappa shape index (κ2) is 5.58. The molecule has 4 heteroatoms. The molecular weight excluding hydrogens is 411 g/mol. The average molecular weight is 436 g/mol. The van der Waals surface area contributed by atoms with Crippen molar-refractivity contribution >= 4 is 10.9 Å². The highest BCUT2D eigenvalue weighted by Crippen LogP contribution is 2.57. The molecular formula is C20H25IN2O. The molecule has 5 heterocycles. The van der Waals surface area contributed by atoms with Gasteiger partial charge in [-0.3, -0.25) is 0 Å². The fraction of sp³-hybridized carbons (Fsp3) is 0.500. The number of hydrogen-bond donors (Lipinski definition) is 2. The van der Waals surface area contributed by atoms with Crippen LogP contribution in [0, 0.1) is 11.8 Å². The van der Waals surface area contributed by atoms with Crippen LogP contribution in [0.5, 0.6) is 0 Å². The first-order chi connectivity index (χ1) is 11.2. The zero-order valence-electron chi connectivity index (χ0n) is 14.3. The number of para-hydroxylation sites is 1. The molecule has 1 aromatic carbocycles. The van der Waals surface area contributed by atoms with Gasteiger partial charge in [0, 0.05) is 35.6 Å². The zero-order chi connectivity index (χ0) is 15.8. The lowest BCUT2D eigenvalue weighted by molar-refractivity contribution is -0.978. The number of quaternary nitrogens is 1. The summed E-state index contributed by atoms with van der Waals surface area (Å²) in [6.07, 6.45) is 4.59. The van der Waals surface area contributed by atoms with Crippen LogP contribution in [0.3, 0.4) is 0 Å². The van der Waals surface area contributed by atoms with Crippen LogP contribution in [-0.4, -0.2) is 40.8 Å². The molecule has 0 spiro atoms. The molecule has 6 rings (SSSR count). The van der Waals surface area contributed by atoms with Gasteiger partial charge in [0.2, 0.25) is 0 Å². The molecule has 24 heavy (non-hydrogen) atoms. The lowest BCUT2D eigenvalue weighted by Crippen LogP contribution is -3.00. The van der Waals surface area contributed by atoms with Crippen molar-refractivity contribution in [3.63, 3.8) is 0 Å². The van der Waals surface area contributed by atoms with E-state index in [1.807, 2.05) is 0 Å². The highest BCUT2D eigenvalue weighted by Gasteiger charge is 2.61. The fourth-order valence-corrected chi connectivity index (χ4v) is 6.02. The Hall–Kier alpha value is -0.850. The quantitative estimate of drug-likeness (QED) is 0.374. The van der Waals surface area contributed by atoms with Gasteiger partial charge in [0.25, 0.3) is 0 Å². The van der Waals surface area contributed by atoms with E-state index < -0.39 is 0 Å². The van der Waals surface area contributed by atoms with Crippen LogP contribution in [0.4, 0.5) is 0 Å². The van der Waals surface area contributed by atoms with Crippen LogP contribution in [0.1, 0.15) is 30.6 Å². The smallest absolute Gasteiger partial charge is 0.131 e. The maximum atomic E-state index is 10.1. The van der Waals surface area contributed by atoms with Crippen molar-refractivity contribution in [1.29, 1.82) is 0 Å². The van der Waals surface area contributed by atoms with Crippen LogP contribution >= 0.6 is 0 Å². The lowest BCUT2D eigenvalue weighted by Gasteiger charge is -2.62. The molecule has 2 N–H and O–H groups in total. The number of fused-ring (bicyclic) bond motifs is 4. The van der Waals surface area contributed by atoms with Gasteiger partial charge in [-0.05, 0) is 24.1 Å². The number of H-pyrrole nitrogens is 1. The number of aliphatic hydroxyl groups excluding tert-OH is 1. The minimum atomic E-state index is 0. The Morgan fingerprint density at radius 1 is 1.33 bits per heavy atom. The van der Waals surface area contributed by atoms with E-state index in [0.29, 0.717) is 30.5 Å². The summed E-state index contributed by atoms with van der Waals surface area (Å²) < 4.78 is 1.08. The van der Waals surface area contributed by atoms with Gasteiger partial charge < -0.3 is 38.6 Å². The summed E-state index contributed by atoms with van der Waals surface area (Å²) in [6.45, 7) is 3.65. The normalized spacial score (nSPS) is 38.2. The Bertz CT molecular complexity index is 826. The Balaban J connectivity index is 0.00000146. The Labute approximate surface area is 160 Å². The predicted octanol–water partition coefficient (Wildman–Crippen LogP) is 0.173. The molecule has 2 aromatic rings. The van der Waals surface area contributed by atoms with E-state index in [1.54, 1.807) is 5.57 Å². The summed E-state index contributed by atoms with van der Waals surface area (Å²) in [5.74, 6) is 0.984. The number of aromatic amines is 1. The molecule has 0 radical (unpaired) electrons. The zero-order valence-corrected chi connectivity index (χ0v) is 16.5. The van der Waals surface area contributed by atoms with Gasteiger partial charge in [-0.1, -0.05) is 24.3 Å².